The van der Waals surface area contributed by atoms with E-state index >= 15 is 0 Å². The van der Waals surface area contributed by atoms with Crippen molar-refractivity contribution in [1.29, 1.82) is 0 Å². The SMILES string of the molecule is CC/C=C/CCCCCCCCCCCCCCCOC[C@@H](O)[C@@H]1OC[C@H](O)[C@@H]1O. The standard InChI is InChI=1S/C25H48O5/c1-2-3-4-5-6-7-8-9-10-11-12-13-14-15-16-17-18-19-29-20-23(27)25-24(28)22(26)21-30-25/h3-4,22-28H,2,5-21H2,1H3/b4-3+/t22-,23+,24-,25-/m0/s1. The first-order valence-electron chi connectivity index (χ1n) is 12.5. The summed E-state index contributed by atoms with van der Waals surface area (Å²) in [5, 5.41) is 29.1. The van der Waals surface area contributed by atoms with Gasteiger partial charge in [0.05, 0.1) is 13.2 Å². The van der Waals surface area contributed by atoms with Crippen molar-refractivity contribution in [3.8, 4) is 0 Å². The third kappa shape index (κ3) is 13.8. The molecule has 0 saturated carbocycles. The lowest BCUT2D eigenvalue weighted by molar-refractivity contribution is -0.0813. The van der Waals surface area contributed by atoms with Gasteiger partial charge in [-0.15, -0.1) is 0 Å². The Bertz CT molecular complexity index is 401. The number of rotatable bonds is 20. The number of unbranched alkanes of at least 4 members (excludes halogenated alkanes) is 13. The molecule has 0 bridgehead atoms. The average molecular weight is 429 g/mol. The minimum Gasteiger partial charge on any atom is -0.388 e. The van der Waals surface area contributed by atoms with E-state index in [4.69, 9.17) is 9.47 Å². The second-order valence-corrected chi connectivity index (χ2v) is 8.76. The monoisotopic (exact) mass is 428 g/mol. The summed E-state index contributed by atoms with van der Waals surface area (Å²) in [7, 11) is 0. The molecule has 0 aromatic heterocycles. The van der Waals surface area contributed by atoms with Crippen LogP contribution in [0.25, 0.3) is 0 Å². The fourth-order valence-corrected chi connectivity index (χ4v) is 3.96. The van der Waals surface area contributed by atoms with Crippen LogP contribution < -0.4 is 0 Å². The summed E-state index contributed by atoms with van der Waals surface area (Å²) >= 11 is 0. The number of hydrogen-bond acceptors (Lipinski definition) is 5. The summed E-state index contributed by atoms with van der Waals surface area (Å²) in [5.74, 6) is 0. The van der Waals surface area contributed by atoms with Crippen molar-refractivity contribution in [2.45, 2.75) is 128 Å². The van der Waals surface area contributed by atoms with E-state index < -0.39 is 24.4 Å². The summed E-state index contributed by atoms with van der Waals surface area (Å²) in [5.41, 5.74) is 0. The van der Waals surface area contributed by atoms with E-state index in [2.05, 4.69) is 19.1 Å². The predicted octanol–water partition coefficient (Wildman–Crippen LogP) is 4.91. The van der Waals surface area contributed by atoms with Crippen LogP contribution in [0, 0.1) is 0 Å². The van der Waals surface area contributed by atoms with Gasteiger partial charge in [0.1, 0.15) is 24.4 Å². The highest BCUT2D eigenvalue weighted by Crippen LogP contribution is 2.18. The van der Waals surface area contributed by atoms with Gasteiger partial charge in [-0.1, -0.05) is 89.7 Å². The van der Waals surface area contributed by atoms with Crippen LogP contribution in [0.3, 0.4) is 0 Å². The number of aliphatic hydroxyl groups excluding tert-OH is 3. The molecule has 1 heterocycles. The predicted molar refractivity (Wildman–Crippen MR) is 123 cm³/mol. The van der Waals surface area contributed by atoms with Gasteiger partial charge in [0.25, 0.3) is 0 Å². The Morgan fingerprint density at radius 1 is 0.833 bits per heavy atom. The fourth-order valence-electron chi connectivity index (χ4n) is 3.96. The molecule has 5 nitrogen and oxygen atoms in total. The van der Waals surface area contributed by atoms with Gasteiger partial charge in [-0.25, -0.2) is 0 Å². The first-order valence-corrected chi connectivity index (χ1v) is 12.5. The summed E-state index contributed by atoms with van der Waals surface area (Å²) in [4.78, 5) is 0. The summed E-state index contributed by atoms with van der Waals surface area (Å²) in [6.07, 6.45) is 20.5. The van der Waals surface area contributed by atoms with Gasteiger partial charge < -0.3 is 24.8 Å². The number of hydrogen-bond donors (Lipinski definition) is 3. The Labute approximate surface area is 184 Å². The van der Waals surface area contributed by atoms with Crippen LogP contribution in [0.15, 0.2) is 12.2 Å². The minimum absolute atomic E-state index is 0.0695. The summed E-state index contributed by atoms with van der Waals surface area (Å²) in [6.45, 7) is 3.03. The van der Waals surface area contributed by atoms with Gasteiger partial charge in [-0.3, -0.25) is 0 Å². The quantitative estimate of drug-likeness (QED) is 0.190. The molecule has 1 aliphatic rings. The largest absolute Gasteiger partial charge is 0.388 e. The summed E-state index contributed by atoms with van der Waals surface area (Å²) in [6, 6.07) is 0. The van der Waals surface area contributed by atoms with Gasteiger partial charge >= 0.3 is 0 Å². The Morgan fingerprint density at radius 3 is 1.87 bits per heavy atom. The molecule has 0 aromatic rings. The average Bonchev–Trinajstić information content (AvgIpc) is 3.08. The zero-order valence-corrected chi connectivity index (χ0v) is 19.4. The molecule has 0 radical (unpaired) electrons. The Hall–Kier alpha value is -0.460. The topological polar surface area (TPSA) is 79.2 Å². The maximum atomic E-state index is 9.96. The highest BCUT2D eigenvalue weighted by molar-refractivity contribution is 4.87. The minimum atomic E-state index is -1.03. The van der Waals surface area contributed by atoms with Crippen LogP contribution >= 0.6 is 0 Å². The van der Waals surface area contributed by atoms with Crippen LogP contribution in [-0.4, -0.2) is 59.6 Å². The van der Waals surface area contributed by atoms with Crippen molar-refractivity contribution < 1.29 is 24.8 Å². The maximum Gasteiger partial charge on any atom is 0.114 e. The zero-order chi connectivity index (χ0) is 21.9. The van der Waals surface area contributed by atoms with E-state index in [1.54, 1.807) is 0 Å². The van der Waals surface area contributed by atoms with Gasteiger partial charge in [0.15, 0.2) is 0 Å². The maximum absolute atomic E-state index is 9.96. The molecule has 0 aromatic carbocycles. The molecule has 30 heavy (non-hydrogen) atoms. The molecule has 1 aliphatic heterocycles. The third-order valence-electron chi connectivity index (χ3n) is 5.92. The van der Waals surface area contributed by atoms with E-state index in [0.29, 0.717) is 6.61 Å². The molecule has 0 amide bonds. The number of allylic oxidation sites excluding steroid dienone is 2. The third-order valence-corrected chi connectivity index (χ3v) is 5.92. The summed E-state index contributed by atoms with van der Waals surface area (Å²) < 4.78 is 10.7. The molecule has 178 valence electrons. The highest BCUT2D eigenvalue weighted by atomic mass is 16.5. The van der Waals surface area contributed by atoms with Gasteiger partial charge in [0.2, 0.25) is 0 Å². The van der Waals surface area contributed by atoms with E-state index in [1.807, 2.05) is 0 Å². The molecule has 0 unspecified atom stereocenters. The van der Waals surface area contributed by atoms with Gasteiger partial charge in [0, 0.05) is 6.61 Å². The highest BCUT2D eigenvalue weighted by Gasteiger charge is 2.39. The normalized spacial score (nSPS) is 22.9. The van der Waals surface area contributed by atoms with Crippen molar-refractivity contribution in [1.82, 2.24) is 0 Å². The zero-order valence-electron chi connectivity index (χ0n) is 19.4. The molecule has 1 rings (SSSR count). The van der Waals surface area contributed by atoms with Crippen molar-refractivity contribution in [2.75, 3.05) is 19.8 Å². The van der Waals surface area contributed by atoms with Crippen molar-refractivity contribution in [3.05, 3.63) is 12.2 Å². The van der Waals surface area contributed by atoms with Crippen LogP contribution in [-0.2, 0) is 9.47 Å². The number of aliphatic hydroxyl groups is 3. The van der Waals surface area contributed by atoms with Gasteiger partial charge in [-0.05, 0) is 25.7 Å². The first kappa shape index (κ1) is 27.6. The molecular weight excluding hydrogens is 380 g/mol. The molecule has 4 atom stereocenters. The lowest BCUT2D eigenvalue weighted by atomic mass is 10.0. The second-order valence-electron chi connectivity index (χ2n) is 8.76. The Kier molecular flexibility index (Phi) is 17.7. The molecule has 1 fully saturated rings. The smallest absolute Gasteiger partial charge is 0.114 e. The van der Waals surface area contributed by atoms with E-state index in [0.717, 1.165) is 19.3 Å². The van der Waals surface area contributed by atoms with Crippen LogP contribution in [0.2, 0.25) is 0 Å². The van der Waals surface area contributed by atoms with Crippen molar-refractivity contribution in [2.24, 2.45) is 0 Å². The molecule has 3 N–H and O–H groups in total. The van der Waals surface area contributed by atoms with Crippen LogP contribution in [0.1, 0.15) is 103 Å². The van der Waals surface area contributed by atoms with Crippen LogP contribution in [0.5, 0.6) is 0 Å². The molecule has 5 heteroatoms. The first-order chi connectivity index (χ1) is 14.7. The fraction of sp³-hybridized carbons (Fsp3) is 0.920. The molecule has 0 spiro atoms. The van der Waals surface area contributed by atoms with E-state index in [9.17, 15) is 15.3 Å². The molecule has 1 saturated heterocycles. The van der Waals surface area contributed by atoms with Crippen LogP contribution in [0.4, 0.5) is 0 Å². The van der Waals surface area contributed by atoms with E-state index in [-0.39, 0.29) is 13.2 Å². The van der Waals surface area contributed by atoms with Crippen molar-refractivity contribution >= 4 is 0 Å². The van der Waals surface area contributed by atoms with Gasteiger partial charge in [-0.2, -0.15) is 0 Å². The Morgan fingerprint density at radius 2 is 1.37 bits per heavy atom. The van der Waals surface area contributed by atoms with Crippen molar-refractivity contribution in [3.63, 3.8) is 0 Å². The lowest BCUT2D eigenvalue weighted by Gasteiger charge is -2.20. The second kappa shape index (κ2) is 19.2. The lowest BCUT2D eigenvalue weighted by Crippen LogP contribution is -2.40. The Balaban J connectivity index is 1.74. The molecule has 0 aliphatic carbocycles. The van der Waals surface area contributed by atoms with E-state index in [1.165, 1.54) is 77.0 Å². The molecular formula is C25H48O5. The number of ether oxygens (including phenoxy) is 2.